The second-order valence-corrected chi connectivity index (χ2v) is 9.05. The molecule has 1 fully saturated rings. The lowest BCUT2D eigenvalue weighted by molar-refractivity contribution is -0.132. The van der Waals surface area contributed by atoms with Crippen LogP contribution in [0.2, 0.25) is 0 Å². The standard InChI is InChI=1S/C23H29N3O3S/c1-17-15-25(20-5-3-18(4-6-20)23(28)29-2)13-12-24(17)11-8-22(27)26-10-7-21-19(16-26)9-14-30-21/h3-6,9,14,17H,7-8,10-13,15-16H2,1-2H3. The van der Waals surface area contributed by atoms with E-state index in [1.54, 1.807) is 11.3 Å². The van der Waals surface area contributed by atoms with Crippen molar-refractivity contribution < 1.29 is 14.3 Å². The van der Waals surface area contributed by atoms with Gasteiger partial charge in [0.1, 0.15) is 0 Å². The molecule has 2 aliphatic heterocycles. The number of ether oxygens (including phenoxy) is 1. The maximum absolute atomic E-state index is 12.7. The van der Waals surface area contributed by atoms with E-state index in [9.17, 15) is 9.59 Å². The zero-order chi connectivity index (χ0) is 21.1. The van der Waals surface area contributed by atoms with Gasteiger partial charge in [0.25, 0.3) is 0 Å². The molecule has 4 rings (SSSR count). The van der Waals surface area contributed by atoms with Crippen LogP contribution in [0.1, 0.15) is 34.1 Å². The van der Waals surface area contributed by atoms with Crippen molar-refractivity contribution in [3.8, 4) is 0 Å². The number of esters is 1. The fourth-order valence-electron chi connectivity index (χ4n) is 4.35. The van der Waals surface area contributed by atoms with Gasteiger partial charge in [-0.2, -0.15) is 0 Å². The Morgan fingerprint density at radius 3 is 2.67 bits per heavy atom. The van der Waals surface area contributed by atoms with E-state index in [1.807, 2.05) is 29.2 Å². The van der Waals surface area contributed by atoms with Gasteiger partial charge in [-0.1, -0.05) is 0 Å². The molecular formula is C23H29N3O3S. The number of rotatable bonds is 5. The van der Waals surface area contributed by atoms with Crippen LogP contribution < -0.4 is 4.90 Å². The summed E-state index contributed by atoms with van der Waals surface area (Å²) in [5.74, 6) is -0.0480. The van der Waals surface area contributed by atoms with Crippen molar-refractivity contribution in [2.75, 3.05) is 44.7 Å². The molecule has 0 aliphatic carbocycles. The fourth-order valence-corrected chi connectivity index (χ4v) is 5.24. The highest BCUT2D eigenvalue weighted by molar-refractivity contribution is 7.10. The van der Waals surface area contributed by atoms with Gasteiger partial charge in [0.05, 0.1) is 12.7 Å². The molecule has 7 heteroatoms. The molecule has 2 aliphatic rings. The summed E-state index contributed by atoms with van der Waals surface area (Å²) in [5.41, 5.74) is 3.00. The molecule has 0 N–H and O–H groups in total. The Hall–Kier alpha value is -2.38. The fraction of sp³-hybridized carbons (Fsp3) is 0.478. The molecule has 1 saturated heterocycles. The Morgan fingerprint density at radius 1 is 1.13 bits per heavy atom. The molecule has 0 radical (unpaired) electrons. The van der Waals surface area contributed by atoms with E-state index in [-0.39, 0.29) is 11.9 Å². The van der Waals surface area contributed by atoms with Crippen LogP contribution >= 0.6 is 11.3 Å². The Balaban J connectivity index is 1.26. The number of thiophene rings is 1. The van der Waals surface area contributed by atoms with Crippen LogP contribution in [0.5, 0.6) is 0 Å². The van der Waals surface area contributed by atoms with Crippen molar-refractivity contribution in [1.82, 2.24) is 9.80 Å². The quantitative estimate of drug-likeness (QED) is 0.687. The molecule has 30 heavy (non-hydrogen) atoms. The van der Waals surface area contributed by atoms with Gasteiger partial charge in [-0.05, 0) is 54.6 Å². The van der Waals surface area contributed by atoms with E-state index >= 15 is 0 Å². The molecule has 1 amide bonds. The van der Waals surface area contributed by atoms with Crippen molar-refractivity contribution in [1.29, 1.82) is 0 Å². The first-order valence-corrected chi connectivity index (χ1v) is 11.4. The maximum atomic E-state index is 12.7. The van der Waals surface area contributed by atoms with E-state index in [0.29, 0.717) is 18.0 Å². The first-order valence-electron chi connectivity index (χ1n) is 10.6. The number of methoxy groups -OCH3 is 1. The van der Waals surface area contributed by atoms with Crippen molar-refractivity contribution in [2.45, 2.75) is 32.4 Å². The summed E-state index contributed by atoms with van der Waals surface area (Å²) < 4.78 is 4.77. The third-order valence-corrected chi connectivity index (χ3v) is 7.21. The normalized spacial score (nSPS) is 19.5. The summed E-state index contributed by atoms with van der Waals surface area (Å²) in [7, 11) is 1.40. The lowest BCUT2D eigenvalue weighted by atomic mass is 10.1. The minimum absolute atomic E-state index is 0.264. The van der Waals surface area contributed by atoms with Crippen LogP contribution in [-0.2, 0) is 22.5 Å². The highest BCUT2D eigenvalue weighted by Gasteiger charge is 2.26. The van der Waals surface area contributed by atoms with Gasteiger partial charge in [0, 0.05) is 62.3 Å². The Bertz CT molecular complexity index is 895. The molecule has 0 bridgehead atoms. The third-order valence-electron chi connectivity index (χ3n) is 6.19. The number of amides is 1. The SMILES string of the molecule is COC(=O)c1ccc(N2CCN(CCC(=O)N3CCc4sccc4C3)C(C)C2)cc1. The highest BCUT2D eigenvalue weighted by atomic mass is 32.1. The number of hydrogen-bond acceptors (Lipinski definition) is 6. The Kier molecular flexibility index (Phi) is 6.39. The van der Waals surface area contributed by atoms with E-state index in [4.69, 9.17) is 4.74 Å². The van der Waals surface area contributed by atoms with Gasteiger partial charge in [-0.25, -0.2) is 4.79 Å². The highest BCUT2D eigenvalue weighted by Crippen LogP contribution is 2.25. The number of benzene rings is 1. The molecule has 1 atom stereocenters. The Labute approximate surface area is 182 Å². The van der Waals surface area contributed by atoms with Gasteiger partial charge in [-0.3, -0.25) is 9.69 Å². The molecule has 0 saturated carbocycles. The van der Waals surface area contributed by atoms with Crippen LogP contribution in [-0.4, -0.2) is 67.6 Å². The minimum Gasteiger partial charge on any atom is -0.465 e. The van der Waals surface area contributed by atoms with E-state index < -0.39 is 0 Å². The first kappa shape index (κ1) is 20.9. The van der Waals surface area contributed by atoms with Crippen molar-refractivity contribution >= 4 is 28.9 Å². The summed E-state index contributed by atoms with van der Waals surface area (Å²) in [5, 5.41) is 2.13. The predicted octanol–water partition coefficient (Wildman–Crippen LogP) is 3.02. The zero-order valence-electron chi connectivity index (χ0n) is 17.7. The topological polar surface area (TPSA) is 53.1 Å². The molecule has 1 aromatic carbocycles. The second-order valence-electron chi connectivity index (χ2n) is 8.05. The lowest BCUT2D eigenvalue weighted by Crippen LogP contribution is -2.52. The summed E-state index contributed by atoms with van der Waals surface area (Å²) >= 11 is 1.80. The summed E-state index contributed by atoms with van der Waals surface area (Å²) in [6.45, 7) is 7.40. The van der Waals surface area contributed by atoms with E-state index in [2.05, 4.69) is 28.2 Å². The molecule has 6 nitrogen and oxygen atoms in total. The summed E-state index contributed by atoms with van der Waals surface area (Å²) in [4.78, 5) is 32.5. The number of anilines is 1. The molecule has 2 aromatic rings. The van der Waals surface area contributed by atoms with E-state index in [1.165, 1.54) is 17.6 Å². The molecule has 0 spiro atoms. The zero-order valence-corrected chi connectivity index (χ0v) is 18.5. The van der Waals surface area contributed by atoms with Gasteiger partial charge in [-0.15, -0.1) is 11.3 Å². The number of carbonyl (C=O) groups excluding carboxylic acids is 2. The largest absolute Gasteiger partial charge is 0.465 e. The average molecular weight is 428 g/mol. The van der Waals surface area contributed by atoms with Crippen molar-refractivity contribution in [3.63, 3.8) is 0 Å². The number of piperazine rings is 1. The Morgan fingerprint density at radius 2 is 1.93 bits per heavy atom. The minimum atomic E-state index is -0.312. The average Bonchev–Trinajstić information content (AvgIpc) is 3.25. The smallest absolute Gasteiger partial charge is 0.337 e. The van der Waals surface area contributed by atoms with Gasteiger partial charge < -0.3 is 14.5 Å². The van der Waals surface area contributed by atoms with Crippen LogP contribution in [0, 0.1) is 0 Å². The maximum Gasteiger partial charge on any atom is 0.337 e. The number of carbonyl (C=O) groups is 2. The predicted molar refractivity (Wildman–Crippen MR) is 119 cm³/mol. The van der Waals surface area contributed by atoms with Crippen LogP contribution in [0.15, 0.2) is 35.7 Å². The van der Waals surface area contributed by atoms with Crippen LogP contribution in [0.3, 0.4) is 0 Å². The number of nitrogens with zero attached hydrogens (tertiary/aromatic N) is 3. The van der Waals surface area contributed by atoms with E-state index in [0.717, 1.165) is 51.4 Å². The monoisotopic (exact) mass is 427 g/mol. The van der Waals surface area contributed by atoms with Crippen LogP contribution in [0.4, 0.5) is 5.69 Å². The molecular weight excluding hydrogens is 398 g/mol. The van der Waals surface area contributed by atoms with Crippen LogP contribution in [0.25, 0.3) is 0 Å². The molecule has 3 heterocycles. The second kappa shape index (κ2) is 9.18. The van der Waals surface area contributed by atoms with Gasteiger partial charge in [0.15, 0.2) is 0 Å². The van der Waals surface area contributed by atoms with Gasteiger partial charge >= 0.3 is 5.97 Å². The number of hydrogen-bond donors (Lipinski definition) is 0. The third kappa shape index (κ3) is 4.52. The van der Waals surface area contributed by atoms with Crippen molar-refractivity contribution in [2.24, 2.45) is 0 Å². The molecule has 1 unspecified atom stereocenters. The first-order chi connectivity index (χ1) is 14.5. The number of fused-ring (bicyclic) bond motifs is 1. The molecule has 160 valence electrons. The lowest BCUT2D eigenvalue weighted by Gasteiger charge is -2.41. The molecule has 1 aromatic heterocycles. The summed E-state index contributed by atoms with van der Waals surface area (Å²) in [6, 6.07) is 10.1. The van der Waals surface area contributed by atoms with Crippen molar-refractivity contribution in [3.05, 3.63) is 51.7 Å². The summed E-state index contributed by atoms with van der Waals surface area (Å²) in [6.07, 6.45) is 1.57. The van der Waals surface area contributed by atoms with Gasteiger partial charge in [0.2, 0.25) is 5.91 Å².